The summed E-state index contributed by atoms with van der Waals surface area (Å²) in [4.78, 5) is 9.45. The quantitative estimate of drug-likeness (QED) is 0.572. The predicted octanol–water partition coefficient (Wildman–Crippen LogP) is 4.88. The summed E-state index contributed by atoms with van der Waals surface area (Å²) in [6, 6.07) is 19.8. The summed E-state index contributed by atoms with van der Waals surface area (Å²) in [5.74, 6) is 2.94. The van der Waals surface area contributed by atoms with Crippen molar-refractivity contribution in [3.05, 3.63) is 60.7 Å². The second-order valence-electron chi connectivity index (χ2n) is 6.90. The average molecular weight is 390 g/mol. The Labute approximate surface area is 171 Å². The van der Waals surface area contributed by atoms with E-state index in [2.05, 4.69) is 10.6 Å². The van der Waals surface area contributed by atoms with Crippen LogP contribution in [0.25, 0.3) is 11.4 Å². The first-order valence-corrected chi connectivity index (χ1v) is 10.1. The van der Waals surface area contributed by atoms with Crippen molar-refractivity contribution in [1.82, 2.24) is 9.97 Å². The summed E-state index contributed by atoms with van der Waals surface area (Å²) in [5.41, 5.74) is 1.84. The molecule has 0 saturated carbocycles. The number of rotatable bonds is 8. The molecule has 1 saturated heterocycles. The van der Waals surface area contributed by atoms with Crippen LogP contribution in [0.2, 0.25) is 0 Å². The highest BCUT2D eigenvalue weighted by molar-refractivity contribution is 5.68. The smallest absolute Gasteiger partial charge is 0.163 e. The number of ether oxygens (including phenoxy) is 2. The van der Waals surface area contributed by atoms with Gasteiger partial charge in [0.15, 0.2) is 5.82 Å². The fourth-order valence-corrected chi connectivity index (χ4v) is 3.33. The van der Waals surface area contributed by atoms with Gasteiger partial charge in [-0.2, -0.15) is 0 Å². The molecular formula is C23H26N4O2. The summed E-state index contributed by atoms with van der Waals surface area (Å²) in [7, 11) is 0. The minimum absolute atomic E-state index is 0.236. The zero-order chi connectivity index (χ0) is 19.9. The zero-order valence-corrected chi connectivity index (χ0v) is 16.6. The van der Waals surface area contributed by atoms with Crippen LogP contribution in [0.3, 0.4) is 0 Å². The number of nitrogens with zero attached hydrogens (tertiary/aromatic N) is 2. The number of nitrogens with one attached hydrogen (secondary N) is 2. The van der Waals surface area contributed by atoms with Crippen molar-refractivity contribution in [2.75, 3.05) is 30.4 Å². The molecule has 0 aliphatic carbocycles. The Morgan fingerprint density at radius 3 is 2.62 bits per heavy atom. The van der Waals surface area contributed by atoms with Gasteiger partial charge in [0, 0.05) is 24.8 Å². The minimum atomic E-state index is 0.236. The van der Waals surface area contributed by atoms with E-state index in [1.807, 2.05) is 67.6 Å². The second kappa shape index (κ2) is 9.39. The molecule has 1 aromatic heterocycles. The van der Waals surface area contributed by atoms with Crippen LogP contribution < -0.4 is 15.4 Å². The van der Waals surface area contributed by atoms with E-state index in [-0.39, 0.29) is 6.10 Å². The van der Waals surface area contributed by atoms with Crippen molar-refractivity contribution in [2.24, 2.45) is 0 Å². The van der Waals surface area contributed by atoms with Crippen molar-refractivity contribution in [3.8, 4) is 17.1 Å². The Morgan fingerprint density at radius 2 is 1.83 bits per heavy atom. The van der Waals surface area contributed by atoms with E-state index < -0.39 is 0 Å². The molecule has 1 aliphatic heterocycles. The molecular weight excluding hydrogens is 364 g/mol. The molecule has 0 radical (unpaired) electrons. The topological polar surface area (TPSA) is 68.3 Å². The largest absolute Gasteiger partial charge is 0.492 e. The van der Waals surface area contributed by atoms with Crippen LogP contribution in [0.4, 0.5) is 17.3 Å². The lowest BCUT2D eigenvalue weighted by Gasteiger charge is -2.15. The normalized spacial score (nSPS) is 15.8. The lowest BCUT2D eigenvalue weighted by molar-refractivity contribution is 0.120. The summed E-state index contributed by atoms with van der Waals surface area (Å²) in [6.07, 6.45) is 2.43. The van der Waals surface area contributed by atoms with E-state index >= 15 is 0 Å². The van der Waals surface area contributed by atoms with Crippen LogP contribution in [0.1, 0.15) is 19.8 Å². The van der Waals surface area contributed by atoms with Crippen LogP contribution in [-0.2, 0) is 4.74 Å². The summed E-state index contributed by atoms with van der Waals surface area (Å²) < 4.78 is 11.5. The molecule has 1 aliphatic rings. The Hall–Kier alpha value is -3.12. The first kappa shape index (κ1) is 19.2. The molecule has 1 fully saturated rings. The molecule has 3 aromatic rings. The molecule has 1 atom stereocenters. The number of benzene rings is 2. The highest BCUT2D eigenvalue weighted by Gasteiger charge is 2.16. The van der Waals surface area contributed by atoms with Crippen molar-refractivity contribution in [1.29, 1.82) is 0 Å². The van der Waals surface area contributed by atoms with E-state index in [0.717, 1.165) is 48.8 Å². The van der Waals surface area contributed by atoms with Gasteiger partial charge in [-0.05, 0) is 31.9 Å². The third-order valence-electron chi connectivity index (χ3n) is 4.74. The molecule has 4 rings (SSSR count). The number of para-hydroxylation sites is 2. The number of aromatic nitrogens is 2. The van der Waals surface area contributed by atoms with Gasteiger partial charge in [-0.3, -0.25) is 0 Å². The average Bonchev–Trinajstić information content (AvgIpc) is 3.28. The SMILES string of the molecule is CCOc1ccccc1Nc1cc(NCC2CCCO2)nc(-c2ccccc2)n1. The van der Waals surface area contributed by atoms with Gasteiger partial charge in [0.1, 0.15) is 17.4 Å². The van der Waals surface area contributed by atoms with Crippen LogP contribution in [0.15, 0.2) is 60.7 Å². The maximum atomic E-state index is 5.73. The van der Waals surface area contributed by atoms with Gasteiger partial charge in [-0.1, -0.05) is 42.5 Å². The summed E-state index contributed by atoms with van der Waals surface area (Å²) in [6.45, 7) is 4.15. The van der Waals surface area contributed by atoms with Crippen LogP contribution in [0, 0.1) is 0 Å². The van der Waals surface area contributed by atoms with Crippen LogP contribution in [0.5, 0.6) is 5.75 Å². The van der Waals surface area contributed by atoms with Crippen molar-refractivity contribution >= 4 is 17.3 Å². The van der Waals surface area contributed by atoms with Crippen LogP contribution in [-0.4, -0.2) is 35.8 Å². The number of hydrogen-bond donors (Lipinski definition) is 2. The Kier molecular flexibility index (Phi) is 6.22. The number of hydrogen-bond acceptors (Lipinski definition) is 6. The van der Waals surface area contributed by atoms with Gasteiger partial charge >= 0.3 is 0 Å². The molecule has 0 bridgehead atoms. The van der Waals surface area contributed by atoms with E-state index in [1.165, 1.54) is 0 Å². The van der Waals surface area contributed by atoms with Gasteiger partial charge in [0.25, 0.3) is 0 Å². The van der Waals surface area contributed by atoms with Gasteiger partial charge in [0.2, 0.25) is 0 Å². The van der Waals surface area contributed by atoms with Gasteiger partial charge in [-0.25, -0.2) is 9.97 Å². The molecule has 0 spiro atoms. The second-order valence-corrected chi connectivity index (χ2v) is 6.90. The molecule has 2 heterocycles. The van der Waals surface area contributed by atoms with E-state index in [9.17, 15) is 0 Å². The van der Waals surface area contributed by atoms with Gasteiger partial charge < -0.3 is 20.1 Å². The molecule has 2 aromatic carbocycles. The fourth-order valence-electron chi connectivity index (χ4n) is 3.33. The Balaban J connectivity index is 1.62. The molecule has 6 nitrogen and oxygen atoms in total. The van der Waals surface area contributed by atoms with Gasteiger partial charge in [0.05, 0.1) is 18.4 Å². The first-order valence-electron chi connectivity index (χ1n) is 10.1. The van der Waals surface area contributed by atoms with Crippen LogP contribution >= 0.6 is 0 Å². The van der Waals surface area contributed by atoms with Crippen molar-refractivity contribution in [2.45, 2.75) is 25.9 Å². The number of anilines is 3. The molecule has 1 unspecified atom stereocenters. The van der Waals surface area contributed by atoms with E-state index in [0.29, 0.717) is 18.2 Å². The molecule has 0 amide bonds. The third kappa shape index (κ3) is 5.03. The van der Waals surface area contributed by atoms with Gasteiger partial charge in [-0.15, -0.1) is 0 Å². The molecule has 2 N–H and O–H groups in total. The predicted molar refractivity (Wildman–Crippen MR) is 116 cm³/mol. The monoisotopic (exact) mass is 390 g/mol. The minimum Gasteiger partial charge on any atom is -0.492 e. The lowest BCUT2D eigenvalue weighted by atomic mass is 10.2. The highest BCUT2D eigenvalue weighted by Crippen LogP contribution is 2.29. The maximum Gasteiger partial charge on any atom is 0.163 e. The van der Waals surface area contributed by atoms with E-state index in [4.69, 9.17) is 19.4 Å². The fraction of sp³-hybridized carbons (Fsp3) is 0.304. The van der Waals surface area contributed by atoms with Crippen molar-refractivity contribution < 1.29 is 9.47 Å². The lowest BCUT2D eigenvalue weighted by Crippen LogP contribution is -2.19. The standard InChI is InChI=1S/C23H26N4O2/c1-2-28-20-13-7-6-12-19(20)25-22-15-21(24-16-18-11-8-14-29-18)26-23(27-22)17-9-4-3-5-10-17/h3-7,9-10,12-13,15,18H,2,8,11,14,16H2,1H3,(H2,24,25,26,27). The van der Waals surface area contributed by atoms with Crippen molar-refractivity contribution in [3.63, 3.8) is 0 Å². The highest BCUT2D eigenvalue weighted by atomic mass is 16.5. The third-order valence-corrected chi connectivity index (χ3v) is 4.74. The molecule has 150 valence electrons. The first-order chi connectivity index (χ1) is 14.3. The van der Waals surface area contributed by atoms with E-state index in [1.54, 1.807) is 0 Å². The zero-order valence-electron chi connectivity index (χ0n) is 16.6. The Morgan fingerprint density at radius 1 is 1.03 bits per heavy atom. The molecule has 6 heteroatoms. The summed E-state index contributed by atoms with van der Waals surface area (Å²) in [5, 5.41) is 6.80. The summed E-state index contributed by atoms with van der Waals surface area (Å²) >= 11 is 0. The maximum absolute atomic E-state index is 5.73. The molecule has 29 heavy (non-hydrogen) atoms. The Bertz CT molecular complexity index is 927.